The van der Waals surface area contributed by atoms with E-state index in [9.17, 15) is 14.7 Å². The first-order chi connectivity index (χ1) is 9.89. The summed E-state index contributed by atoms with van der Waals surface area (Å²) in [5, 5.41) is 12.0. The molecule has 0 aliphatic carbocycles. The Hall–Kier alpha value is -1.47. The normalized spacial score (nSPS) is 22.8. The third-order valence-electron chi connectivity index (χ3n) is 3.65. The quantitative estimate of drug-likeness (QED) is 0.862. The Bertz CT molecular complexity index is 535. The lowest BCUT2D eigenvalue weighted by Crippen LogP contribution is -2.48. The van der Waals surface area contributed by atoms with Gasteiger partial charge >= 0.3 is 5.97 Å². The number of nitrogens with one attached hydrogen (secondary N) is 1. The molecule has 114 valence electrons. The number of carbonyl (C=O) groups excluding carboxylic acids is 1. The minimum atomic E-state index is -0.804. The molecule has 1 fully saturated rings. The molecule has 1 unspecified atom stereocenters. The Morgan fingerprint density at radius 3 is 2.90 bits per heavy atom. The number of aliphatic carboxylic acids is 1. The van der Waals surface area contributed by atoms with E-state index in [1.54, 1.807) is 25.3 Å². The van der Waals surface area contributed by atoms with Crippen LogP contribution in [0.4, 0.5) is 5.82 Å². The lowest BCUT2D eigenvalue weighted by molar-refractivity contribution is -0.151. The molecule has 1 atom stereocenters. The molecular formula is C14H18BrN3O3. The van der Waals surface area contributed by atoms with Crippen LogP contribution in [0.2, 0.25) is 0 Å². The first kappa shape index (κ1) is 15.9. The molecule has 7 heteroatoms. The molecule has 2 heterocycles. The Balaban J connectivity index is 1.90. The summed E-state index contributed by atoms with van der Waals surface area (Å²) in [6.07, 6.45) is 3.04. The third-order valence-corrected chi connectivity index (χ3v) is 4.12. The second kappa shape index (κ2) is 6.53. The first-order valence-corrected chi connectivity index (χ1v) is 7.55. The smallest absolute Gasteiger partial charge is 0.310 e. The maximum Gasteiger partial charge on any atom is 0.310 e. The largest absolute Gasteiger partial charge is 0.481 e. The van der Waals surface area contributed by atoms with Gasteiger partial charge in [-0.3, -0.25) is 14.5 Å². The van der Waals surface area contributed by atoms with Gasteiger partial charge in [0.25, 0.3) is 0 Å². The highest BCUT2D eigenvalue weighted by Crippen LogP contribution is 2.29. The van der Waals surface area contributed by atoms with Crippen LogP contribution >= 0.6 is 15.9 Å². The van der Waals surface area contributed by atoms with E-state index in [1.807, 2.05) is 4.90 Å². The SMILES string of the molecule is CC1(C(=O)O)CCCN(CC(=O)Nc2ccc(Br)cn2)C1. The van der Waals surface area contributed by atoms with E-state index >= 15 is 0 Å². The average molecular weight is 356 g/mol. The standard InChI is InChI=1S/C14H18BrN3O3/c1-14(13(20)21)5-2-6-18(9-14)8-12(19)17-11-4-3-10(15)7-16-11/h3-4,7H,2,5-6,8-9H2,1H3,(H,20,21)(H,16,17,19). The molecule has 2 rings (SSSR count). The van der Waals surface area contributed by atoms with Crippen molar-refractivity contribution in [3.05, 3.63) is 22.8 Å². The molecule has 6 nitrogen and oxygen atoms in total. The van der Waals surface area contributed by atoms with Gasteiger partial charge in [0.1, 0.15) is 5.82 Å². The molecule has 21 heavy (non-hydrogen) atoms. The summed E-state index contributed by atoms with van der Waals surface area (Å²) in [6, 6.07) is 3.50. The van der Waals surface area contributed by atoms with Crippen molar-refractivity contribution in [1.29, 1.82) is 0 Å². The van der Waals surface area contributed by atoms with Crippen molar-refractivity contribution in [1.82, 2.24) is 9.88 Å². The molecule has 1 amide bonds. The van der Waals surface area contributed by atoms with Crippen molar-refractivity contribution < 1.29 is 14.7 Å². The molecule has 0 saturated carbocycles. The van der Waals surface area contributed by atoms with Gasteiger partial charge in [0.15, 0.2) is 0 Å². The average Bonchev–Trinajstić information content (AvgIpc) is 2.41. The highest BCUT2D eigenvalue weighted by molar-refractivity contribution is 9.10. The zero-order valence-corrected chi connectivity index (χ0v) is 13.4. The molecule has 0 radical (unpaired) electrons. The number of anilines is 1. The highest BCUT2D eigenvalue weighted by atomic mass is 79.9. The number of piperidine rings is 1. The number of carboxylic acid groups (broad SMARTS) is 1. The minimum Gasteiger partial charge on any atom is -0.481 e. The monoisotopic (exact) mass is 355 g/mol. The maximum absolute atomic E-state index is 12.0. The predicted molar refractivity (Wildman–Crippen MR) is 82.0 cm³/mol. The zero-order chi connectivity index (χ0) is 15.5. The molecule has 0 aromatic carbocycles. The number of nitrogens with zero attached hydrogens (tertiary/aromatic N) is 2. The van der Waals surface area contributed by atoms with Crippen LogP contribution in [0.15, 0.2) is 22.8 Å². The number of hydrogen-bond acceptors (Lipinski definition) is 4. The first-order valence-electron chi connectivity index (χ1n) is 6.76. The van der Waals surface area contributed by atoms with Gasteiger partial charge in [0.2, 0.25) is 5.91 Å². The van der Waals surface area contributed by atoms with E-state index in [1.165, 1.54) is 0 Å². The lowest BCUT2D eigenvalue weighted by Gasteiger charge is -2.37. The second-order valence-corrected chi connectivity index (χ2v) is 6.51. The fraction of sp³-hybridized carbons (Fsp3) is 0.500. The fourth-order valence-electron chi connectivity index (χ4n) is 2.49. The topological polar surface area (TPSA) is 82.5 Å². The van der Waals surface area contributed by atoms with Gasteiger partial charge in [-0.1, -0.05) is 0 Å². The van der Waals surface area contributed by atoms with Gasteiger partial charge in [-0.2, -0.15) is 0 Å². The number of carbonyl (C=O) groups is 2. The summed E-state index contributed by atoms with van der Waals surface area (Å²) in [6.45, 7) is 3.05. The van der Waals surface area contributed by atoms with Crippen molar-refractivity contribution in [3.63, 3.8) is 0 Å². The van der Waals surface area contributed by atoms with Crippen LogP contribution in [0.5, 0.6) is 0 Å². The number of pyridine rings is 1. The van der Waals surface area contributed by atoms with E-state index in [4.69, 9.17) is 0 Å². The summed E-state index contributed by atoms with van der Waals surface area (Å²) in [4.78, 5) is 29.2. The number of halogens is 1. The van der Waals surface area contributed by atoms with E-state index in [0.29, 0.717) is 18.8 Å². The highest BCUT2D eigenvalue weighted by Gasteiger charge is 2.38. The summed E-state index contributed by atoms with van der Waals surface area (Å²) in [7, 11) is 0. The third kappa shape index (κ3) is 4.25. The fourth-order valence-corrected chi connectivity index (χ4v) is 2.72. The van der Waals surface area contributed by atoms with Crippen LogP contribution in [0, 0.1) is 5.41 Å². The van der Waals surface area contributed by atoms with Crippen molar-refractivity contribution in [3.8, 4) is 0 Å². The zero-order valence-electron chi connectivity index (χ0n) is 11.8. The van der Waals surface area contributed by atoms with Gasteiger partial charge < -0.3 is 10.4 Å². The van der Waals surface area contributed by atoms with E-state index in [2.05, 4.69) is 26.2 Å². The molecule has 0 spiro atoms. The van der Waals surface area contributed by atoms with Crippen molar-refractivity contribution in [2.24, 2.45) is 5.41 Å². The van der Waals surface area contributed by atoms with Gasteiger partial charge in [-0.15, -0.1) is 0 Å². The van der Waals surface area contributed by atoms with Crippen molar-refractivity contribution in [2.75, 3.05) is 25.0 Å². The summed E-state index contributed by atoms with van der Waals surface area (Å²) in [5.41, 5.74) is -0.769. The van der Waals surface area contributed by atoms with Gasteiger partial charge in [-0.25, -0.2) is 4.98 Å². The number of rotatable bonds is 4. The predicted octanol–water partition coefficient (Wildman–Crippen LogP) is 1.97. The number of hydrogen-bond donors (Lipinski definition) is 2. The second-order valence-electron chi connectivity index (χ2n) is 5.59. The number of aromatic nitrogens is 1. The molecule has 1 aliphatic heterocycles. The Kier molecular flexibility index (Phi) is 4.95. The van der Waals surface area contributed by atoms with Crippen molar-refractivity contribution >= 4 is 33.6 Å². The van der Waals surface area contributed by atoms with Gasteiger partial charge in [0.05, 0.1) is 12.0 Å². The summed E-state index contributed by atoms with van der Waals surface area (Å²) in [5.74, 6) is -0.497. The van der Waals surface area contributed by atoms with Crippen LogP contribution in [0.25, 0.3) is 0 Å². The van der Waals surface area contributed by atoms with Gasteiger partial charge in [0, 0.05) is 17.2 Å². The van der Waals surface area contributed by atoms with Crippen LogP contribution in [0.1, 0.15) is 19.8 Å². The minimum absolute atomic E-state index is 0.181. The molecule has 2 N–H and O–H groups in total. The van der Waals surface area contributed by atoms with E-state index in [0.717, 1.165) is 17.4 Å². The maximum atomic E-state index is 12.0. The number of carboxylic acids is 1. The molecule has 1 saturated heterocycles. The van der Waals surface area contributed by atoms with Crippen LogP contribution in [-0.2, 0) is 9.59 Å². The molecule has 1 aromatic heterocycles. The molecule has 1 aliphatic rings. The number of likely N-dealkylation sites (tertiary alicyclic amines) is 1. The Labute approximate surface area is 131 Å². The number of amides is 1. The Morgan fingerprint density at radius 1 is 1.52 bits per heavy atom. The van der Waals surface area contributed by atoms with Crippen LogP contribution in [0.3, 0.4) is 0 Å². The molecular weight excluding hydrogens is 338 g/mol. The van der Waals surface area contributed by atoms with Gasteiger partial charge in [-0.05, 0) is 54.4 Å². The van der Waals surface area contributed by atoms with Crippen LogP contribution in [-0.4, -0.2) is 46.5 Å². The molecule has 1 aromatic rings. The van der Waals surface area contributed by atoms with E-state index < -0.39 is 11.4 Å². The van der Waals surface area contributed by atoms with E-state index in [-0.39, 0.29) is 12.5 Å². The summed E-state index contributed by atoms with van der Waals surface area (Å²) < 4.78 is 0.841. The van der Waals surface area contributed by atoms with Crippen molar-refractivity contribution in [2.45, 2.75) is 19.8 Å². The Morgan fingerprint density at radius 2 is 2.29 bits per heavy atom. The molecule has 0 bridgehead atoms. The van der Waals surface area contributed by atoms with Crippen LogP contribution < -0.4 is 5.32 Å². The lowest BCUT2D eigenvalue weighted by atomic mass is 9.82. The summed E-state index contributed by atoms with van der Waals surface area (Å²) >= 11 is 3.28.